The van der Waals surface area contributed by atoms with Gasteiger partial charge >= 0.3 is 0 Å². The van der Waals surface area contributed by atoms with Gasteiger partial charge < -0.3 is 9.47 Å². The Bertz CT molecular complexity index is 148. The fourth-order valence-electron chi connectivity index (χ4n) is 2.00. The van der Waals surface area contributed by atoms with Crippen molar-refractivity contribution in [1.82, 2.24) is 0 Å². The highest BCUT2D eigenvalue weighted by molar-refractivity contribution is 4.68. The quantitative estimate of drug-likeness (QED) is 0.571. The van der Waals surface area contributed by atoms with Crippen molar-refractivity contribution >= 4 is 0 Å². The predicted molar refractivity (Wildman–Crippen MR) is 74.4 cm³/mol. The van der Waals surface area contributed by atoms with Gasteiger partial charge in [-0.05, 0) is 43.9 Å². The second-order valence-corrected chi connectivity index (χ2v) is 5.89. The maximum absolute atomic E-state index is 5.56. The Morgan fingerprint density at radius 3 is 1.24 bits per heavy atom. The van der Waals surface area contributed by atoms with Gasteiger partial charge in [0.2, 0.25) is 0 Å². The van der Waals surface area contributed by atoms with Gasteiger partial charge in [0.1, 0.15) is 0 Å². The molecular weight excluding hydrogens is 212 g/mol. The van der Waals surface area contributed by atoms with Crippen LogP contribution in [0.3, 0.4) is 0 Å². The number of hydrogen-bond donors (Lipinski definition) is 0. The molecule has 0 saturated carbocycles. The van der Waals surface area contributed by atoms with Crippen LogP contribution < -0.4 is 0 Å². The van der Waals surface area contributed by atoms with Crippen LogP contribution in [0.2, 0.25) is 0 Å². The van der Waals surface area contributed by atoms with Gasteiger partial charge in [-0.2, -0.15) is 0 Å². The third-order valence-corrected chi connectivity index (χ3v) is 3.32. The highest BCUT2D eigenvalue weighted by Gasteiger charge is 2.16. The molecule has 0 N–H and O–H groups in total. The zero-order valence-corrected chi connectivity index (χ0v) is 12.7. The summed E-state index contributed by atoms with van der Waals surface area (Å²) in [6.07, 6.45) is 6.51. The molecule has 0 aromatic rings. The van der Waals surface area contributed by atoms with E-state index in [9.17, 15) is 0 Å². The Morgan fingerprint density at radius 1 is 0.647 bits per heavy atom. The lowest BCUT2D eigenvalue weighted by atomic mass is 9.97. The molecule has 2 unspecified atom stereocenters. The van der Waals surface area contributed by atoms with Gasteiger partial charge in [0.05, 0.1) is 12.2 Å². The summed E-state index contributed by atoms with van der Waals surface area (Å²) < 4.78 is 11.1. The molecule has 0 amide bonds. The molecule has 2 heteroatoms. The molecule has 0 aliphatic heterocycles. The van der Waals surface area contributed by atoms with Crippen molar-refractivity contribution in [3.05, 3.63) is 0 Å². The zero-order chi connectivity index (χ0) is 13.3. The summed E-state index contributed by atoms with van der Waals surface area (Å²) in [5.74, 6) is 1.51. The Hall–Kier alpha value is -0.0800. The molecule has 0 aromatic carbocycles. The molecule has 0 radical (unpaired) electrons. The molecule has 17 heavy (non-hydrogen) atoms. The molecule has 0 spiro atoms. The van der Waals surface area contributed by atoms with Gasteiger partial charge in [0.25, 0.3) is 0 Å². The number of ether oxygens (including phenoxy) is 2. The topological polar surface area (TPSA) is 18.5 Å². The minimum Gasteiger partial charge on any atom is -0.381 e. The van der Waals surface area contributed by atoms with Gasteiger partial charge in [-0.25, -0.2) is 0 Å². The minimum absolute atomic E-state index is 0.356. The number of hydrogen-bond acceptors (Lipinski definition) is 2. The van der Waals surface area contributed by atoms with Gasteiger partial charge in [0.15, 0.2) is 0 Å². The highest BCUT2D eigenvalue weighted by Crippen LogP contribution is 2.18. The lowest BCUT2D eigenvalue weighted by molar-refractivity contribution is 0.0113. The van der Waals surface area contributed by atoms with Crippen molar-refractivity contribution in [3.63, 3.8) is 0 Å². The SMILES string of the molecule is COC(CCC(C)C)CC(CCC(C)C)OC. The molecular formula is C15H32O2. The van der Waals surface area contributed by atoms with E-state index >= 15 is 0 Å². The van der Waals surface area contributed by atoms with Crippen molar-refractivity contribution < 1.29 is 9.47 Å². The maximum atomic E-state index is 5.56. The summed E-state index contributed by atoms with van der Waals surface area (Å²) in [5.41, 5.74) is 0. The third-order valence-electron chi connectivity index (χ3n) is 3.32. The largest absolute Gasteiger partial charge is 0.381 e. The summed E-state index contributed by atoms with van der Waals surface area (Å²) >= 11 is 0. The van der Waals surface area contributed by atoms with E-state index in [1.165, 1.54) is 12.8 Å². The Balaban J connectivity index is 3.94. The van der Waals surface area contributed by atoms with Gasteiger partial charge in [-0.15, -0.1) is 0 Å². The lowest BCUT2D eigenvalue weighted by Gasteiger charge is -2.23. The summed E-state index contributed by atoms with van der Waals surface area (Å²) in [7, 11) is 3.64. The summed E-state index contributed by atoms with van der Waals surface area (Å²) in [5, 5.41) is 0. The van der Waals surface area contributed by atoms with Crippen LogP contribution in [0.5, 0.6) is 0 Å². The van der Waals surface area contributed by atoms with E-state index < -0.39 is 0 Å². The average molecular weight is 244 g/mol. The van der Waals surface area contributed by atoms with Crippen LogP contribution in [0, 0.1) is 11.8 Å². The maximum Gasteiger partial charge on any atom is 0.0596 e. The van der Waals surface area contributed by atoms with E-state index in [0.29, 0.717) is 12.2 Å². The predicted octanol–water partition coefficient (Wildman–Crippen LogP) is 4.28. The van der Waals surface area contributed by atoms with Crippen molar-refractivity contribution in [1.29, 1.82) is 0 Å². The lowest BCUT2D eigenvalue weighted by Crippen LogP contribution is -2.22. The Labute approximate surface area is 108 Å². The number of methoxy groups -OCH3 is 2. The van der Waals surface area contributed by atoms with E-state index in [2.05, 4.69) is 27.7 Å². The molecule has 0 aliphatic carbocycles. The molecule has 0 saturated heterocycles. The molecule has 0 heterocycles. The smallest absolute Gasteiger partial charge is 0.0596 e. The minimum atomic E-state index is 0.356. The fraction of sp³-hybridized carbons (Fsp3) is 1.00. The molecule has 104 valence electrons. The van der Waals surface area contributed by atoms with Crippen molar-refractivity contribution in [2.75, 3.05) is 14.2 Å². The molecule has 0 aromatic heterocycles. The standard InChI is InChI=1S/C15H32O2/c1-12(2)7-9-14(16-5)11-15(17-6)10-8-13(3)4/h12-15H,7-11H2,1-6H3. The molecule has 0 fully saturated rings. The third kappa shape index (κ3) is 9.61. The van der Waals surface area contributed by atoms with Crippen molar-refractivity contribution in [2.45, 2.75) is 72.0 Å². The van der Waals surface area contributed by atoms with E-state index in [-0.39, 0.29) is 0 Å². The van der Waals surface area contributed by atoms with Crippen LogP contribution in [0.15, 0.2) is 0 Å². The van der Waals surface area contributed by atoms with Gasteiger partial charge in [-0.3, -0.25) is 0 Å². The molecule has 0 aliphatic rings. The van der Waals surface area contributed by atoms with Crippen LogP contribution >= 0.6 is 0 Å². The molecule has 0 rings (SSSR count). The van der Waals surface area contributed by atoms with Crippen molar-refractivity contribution in [3.8, 4) is 0 Å². The van der Waals surface area contributed by atoms with E-state index in [0.717, 1.165) is 31.1 Å². The summed E-state index contributed by atoms with van der Waals surface area (Å²) in [6.45, 7) is 9.05. The second kappa shape index (κ2) is 9.90. The fourth-order valence-corrected chi connectivity index (χ4v) is 2.00. The first-order valence-electron chi connectivity index (χ1n) is 7.05. The van der Waals surface area contributed by atoms with E-state index in [4.69, 9.17) is 9.47 Å². The highest BCUT2D eigenvalue weighted by atomic mass is 16.5. The molecule has 0 bridgehead atoms. The van der Waals surface area contributed by atoms with Crippen LogP contribution in [0.1, 0.15) is 59.8 Å². The van der Waals surface area contributed by atoms with Gasteiger partial charge in [0, 0.05) is 14.2 Å². The van der Waals surface area contributed by atoms with Crippen molar-refractivity contribution in [2.24, 2.45) is 11.8 Å². The van der Waals surface area contributed by atoms with E-state index in [1.807, 2.05) is 14.2 Å². The Morgan fingerprint density at radius 2 is 1.00 bits per heavy atom. The van der Waals surface area contributed by atoms with Gasteiger partial charge in [-0.1, -0.05) is 27.7 Å². The van der Waals surface area contributed by atoms with Crippen LogP contribution in [-0.4, -0.2) is 26.4 Å². The number of rotatable bonds is 10. The summed E-state index contributed by atoms with van der Waals surface area (Å²) in [6, 6.07) is 0. The second-order valence-electron chi connectivity index (χ2n) is 5.89. The molecule has 2 atom stereocenters. The van der Waals surface area contributed by atoms with Crippen LogP contribution in [0.25, 0.3) is 0 Å². The van der Waals surface area contributed by atoms with Crippen LogP contribution in [-0.2, 0) is 9.47 Å². The summed E-state index contributed by atoms with van der Waals surface area (Å²) in [4.78, 5) is 0. The average Bonchev–Trinajstić information content (AvgIpc) is 2.27. The molecule has 2 nitrogen and oxygen atoms in total. The first kappa shape index (κ1) is 16.9. The first-order valence-corrected chi connectivity index (χ1v) is 7.05. The van der Waals surface area contributed by atoms with E-state index in [1.54, 1.807) is 0 Å². The monoisotopic (exact) mass is 244 g/mol. The Kier molecular flexibility index (Phi) is 9.85. The zero-order valence-electron chi connectivity index (χ0n) is 12.7. The first-order chi connectivity index (χ1) is 7.99. The normalized spacial score (nSPS) is 15.5. The van der Waals surface area contributed by atoms with Crippen LogP contribution in [0.4, 0.5) is 0 Å².